The summed E-state index contributed by atoms with van der Waals surface area (Å²) in [5.74, 6) is 0.483. The molecule has 0 saturated heterocycles. The fourth-order valence-corrected chi connectivity index (χ4v) is 2.81. The van der Waals surface area contributed by atoms with E-state index in [0.29, 0.717) is 5.92 Å². The summed E-state index contributed by atoms with van der Waals surface area (Å²) < 4.78 is 18.3. The van der Waals surface area contributed by atoms with Crippen LogP contribution in [0.2, 0.25) is 0 Å². The van der Waals surface area contributed by atoms with Crippen molar-refractivity contribution in [2.75, 3.05) is 6.66 Å². The Morgan fingerprint density at radius 1 is 1.42 bits per heavy atom. The molecule has 1 aliphatic rings. The van der Waals surface area contributed by atoms with Crippen molar-refractivity contribution in [2.24, 2.45) is 5.92 Å². The van der Waals surface area contributed by atoms with E-state index < -0.39 is 6.58 Å². The molecule has 1 aliphatic carbocycles. The van der Waals surface area contributed by atoms with Crippen molar-refractivity contribution in [2.45, 2.75) is 38.7 Å². The summed E-state index contributed by atoms with van der Waals surface area (Å²) in [4.78, 5) is 0. The Morgan fingerprint density at radius 2 is 2.00 bits per heavy atom. The van der Waals surface area contributed by atoms with Crippen LogP contribution in [0.25, 0.3) is 0 Å². The lowest BCUT2D eigenvalue weighted by Gasteiger charge is -2.29. The molecule has 12 heavy (non-hydrogen) atoms. The van der Waals surface area contributed by atoms with Crippen molar-refractivity contribution in [3.63, 3.8) is 0 Å². The van der Waals surface area contributed by atoms with Crippen LogP contribution in [0.1, 0.15) is 32.6 Å². The monoisotopic (exact) mass is 210 g/mol. The molecule has 1 rings (SSSR count). The molecule has 3 atom stereocenters. The molecular formula is C8H16FOPS. The first-order chi connectivity index (χ1) is 5.49. The molecule has 0 aromatic carbocycles. The highest BCUT2D eigenvalue weighted by molar-refractivity contribution is 8.09. The lowest BCUT2D eigenvalue weighted by atomic mass is 9.88. The van der Waals surface area contributed by atoms with Crippen molar-refractivity contribution in [1.82, 2.24) is 0 Å². The Morgan fingerprint density at radius 3 is 2.50 bits per heavy atom. The predicted octanol–water partition coefficient (Wildman–Crippen LogP) is 3.49. The number of rotatable bonds is 2. The van der Waals surface area contributed by atoms with Crippen LogP contribution < -0.4 is 0 Å². The molecule has 1 fully saturated rings. The summed E-state index contributed by atoms with van der Waals surface area (Å²) in [6.45, 7) is 0.588. The SMILES string of the molecule is CC1CCCCC1OP(C)(F)=S. The molecule has 0 spiro atoms. The minimum atomic E-state index is -2.94. The highest BCUT2D eigenvalue weighted by Crippen LogP contribution is 2.48. The average Bonchev–Trinajstić information content (AvgIpc) is 1.91. The van der Waals surface area contributed by atoms with Crippen LogP contribution in [0, 0.1) is 5.92 Å². The van der Waals surface area contributed by atoms with Crippen LogP contribution in [0.3, 0.4) is 0 Å². The van der Waals surface area contributed by atoms with E-state index in [2.05, 4.69) is 18.7 Å². The quantitative estimate of drug-likeness (QED) is 0.645. The fraction of sp³-hybridized carbons (Fsp3) is 1.00. The van der Waals surface area contributed by atoms with E-state index in [0.717, 1.165) is 19.3 Å². The summed E-state index contributed by atoms with van der Waals surface area (Å²) in [5.41, 5.74) is 0. The Balaban J connectivity index is 2.44. The van der Waals surface area contributed by atoms with Crippen molar-refractivity contribution in [3.8, 4) is 0 Å². The van der Waals surface area contributed by atoms with Gasteiger partial charge in [-0.3, -0.25) is 0 Å². The van der Waals surface area contributed by atoms with Crippen LogP contribution >= 0.6 is 6.58 Å². The van der Waals surface area contributed by atoms with Gasteiger partial charge in [0.15, 0.2) is 0 Å². The van der Waals surface area contributed by atoms with Gasteiger partial charge in [0.25, 0.3) is 0 Å². The molecule has 0 radical (unpaired) electrons. The minimum Gasteiger partial charge on any atom is -0.323 e. The van der Waals surface area contributed by atoms with Gasteiger partial charge in [-0.25, -0.2) is 0 Å². The van der Waals surface area contributed by atoms with E-state index in [1.54, 1.807) is 0 Å². The van der Waals surface area contributed by atoms with Crippen LogP contribution in [0.5, 0.6) is 0 Å². The van der Waals surface area contributed by atoms with Gasteiger partial charge in [-0.05, 0) is 30.6 Å². The maximum atomic E-state index is 13.1. The van der Waals surface area contributed by atoms with E-state index in [1.807, 2.05) is 0 Å². The van der Waals surface area contributed by atoms with Crippen molar-refractivity contribution in [1.29, 1.82) is 0 Å². The zero-order valence-electron chi connectivity index (χ0n) is 7.62. The Kier molecular flexibility index (Phi) is 3.69. The van der Waals surface area contributed by atoms with Crippen LogP contribution in [-0.4, -0.2) is 12.8 Å². The predicted molar refractivity (Wildman–Crippen MR) is 53.8 cm³/mol. The second-order valence-electron chi connectivity index (χ2n) is 3.65. The van der Waals surface area contributed by atoms with Crippen molar-refractivity contribution in [3.05, 3.63) is 0 Å². The molecule has 0 heterocycles. The van der Waals surface area contributed by atoms with Gasteiger partial charge in [-0.1, -0.05) is 19.8 Å². The third-order valence-electron chi connectivity index (χ3n) is 2.36. The van der Waals surface area contributed by atoms with Crippen LogP contribution in [0.15, 0.2) is 0 Å². The van der Waals surface area contributed by atoms with Gasteiger partial charge in [-0.15, -0.1) is 0 Å². The Labute approximate surface area is 78.9 Å². The molecular weight excluding hydrogens is 194 g/mol. The van der Waals surface area contributed by atoms with E-state index in [-0.39, 0.29) is 6.10 Å². The summed E-state index contributed by atoms with van der Waals surface area (Å²) in [5, 5.41) is 0. The topological polar surface area (TPSA) is 9.23 Å². The molecule has 0 aliphatic heterocycles. The number of hydrogen-bond acceptors (Lipinski definition) is 2. The van der Waals surface area contributed by atoms with Gasteiger partial charge < -0.3 is 4.52 Å². The third kappa shape index (κ3) is 3.51. The lowest BCUT2D eigenvalue weighted by Crippen LogP contribution is -2.23. The highest BCUT2D eigenvalue weighted by atomic mass is 32.5. The van der Waals surface area contributed by atoms with Gasteiger partial charge in [0.05, 0.1) is 6.10 Å². The molecule has 72 valence electrons. The molecule has 0 bridgehead atoms. The van der Waals surface area contributed by atoms with E-state index in [4.69, 9.17) is 4.52 Å². The molecule has 0 aromatic rings. The largest absolute Gasteiger partial charge is 0.323 e. The lowest BCUT2D eigenvalue weighted by molar-refractivity contribution is 0.110. The zero-order chi connectivity index (χ0) is 9.19. The summed E-state index contributed by atoms with van der Waals surface area (Å²) in [7, 11) is 0. The molecule has 0 amide bonds. The second kappa shape index (κ2) is 4.17. The summed E-state index contributed by atoms with van der Waals surface area (Å²) in [6.07, 6.45) is 4.63. The Hall–Kier alpha value is 0.540. The van der Waals surface area contributed by atoms with E-state index in [1.165, 1.54) is 13.1 Å². The zero-order valence-corrected chi connectivity index (χ0v) is 9.34. The van der Waals surface area contributed by atoms with Crippen molar-refractivity contribution < 1.29 is 8.72 Å². The normalized spacial score (nSPS) is 35.9. The van der Waals surface area contributed by atoms with Crippen LogP contribution in [0.4, 0.5) is 4.20 Å². The van der Waals surface area contributed by atoms with Crippen molar-refractivity contribution >= 4 is 18.4 Å². The van der Waals surface area contributed by atoms with Crippen LogP contribution in [-0.2, 0) is 16.3 Å². The maximum absolute atomic E-state index is 13.1. The second-order valence-corrected chi connectivity index (χ2v) is 7.31. The van der Waals surface area contributed by atoms with Gasteiger partial charge in [0.1, 0.15) is 0 Å². The third-order valence-corrected chi connectivity index (χ3v) is 3.26. The first-order valence-electron chi connectivity index (χ1n) is 4.44. The van der Waals surface area contributed by atoms with Gasteiger partial charge in [-0.2, -0.15) is 4.20 Å². The molecule has 0 N–H and O–H groups in total. The summed E-state index contributed by atoms with van der Waals surface area (Å²) >= 11 is 4.64. The average molecular weight is 210 g/mol. The first-order valence-corrected chi connectivity index (χ1v) is 7.50. The highest BCUT2D eigenvalue weighted by Gasteiger charge is 2.25. The maximum Gasteiger partial charge on any atom is 0.229 e. The smallest absolute Gasteiger partial charge is 0.229 e. The van der Waals surface area contributed by atoms with E-state index >= 15 is 0 Å². The number of halogens is 1. The molecule has 1 saturated carbocycles. The first kappa shape index (κ1) is 10.6. The molecule has 4 heteroatoms. The minimum absolute atomic E-state index is 0.0829. The molecule has 3 unspecified atom stereocenters. The van der Waals surface area contributed by atoms with Gasteiger partial charge in [0, 0.05) is 6.66 Å². The summed E-state index contributed by atoms with van der Waals surface area (Å²) in [6, 6.07) is 0. The van der Waals surface area contributed by atoms with E-state index in [9.17, 15) is 4.20 Å². The fourth-order valence-electron chi connectivity index (χ4n) is 1.68. The standard InChI is InChI=1S/C8H16FOPS/c1-7-5-3-4-6-8(7)10-11(2,9)12/h7-8H,3-6H2,1-2H3. The molecule has 0 aromatic heterocycles. The number of hydrogen-bond donors (Lipinski definition) is 0. The Bertz CT molecular complexity index is 191. The molecule has 1 nitrogen and oxygen atoms in total. The van der Waals surface area contributed by atoms with Gasteiger partial charge in [0.2, 0.25) is 6.58 Å². The van der Waals surface area contributed by atoms with Gasteiger partial charge >= 0.3 is 0 Å².